The van der Waals surface area contributed by atoms with E-state index >= 15 is 0 Å². The van der Waals surface area contributed by atoms with Crippen molar-refractivity contribution in [1.82, 2.24) is 0 Å². The average molecular weight is 459 g/mol. The van der Waals surface area contributed by atoms with Crippen LogP contribution in [0.5, 0.6) is 0 Å². The lowest BCUT2D eigenvalue weighted by Gasteiger charge is -2.70. The largest absolute Gasteiger partial charge is 0.314 e. The molecule has 0 radical (unpaired) electrons. The van der Waals surface area contributed by atoms with Crippen LogP contribution >= 0.6 is 0 Å². The zero-order valence-corrected chi connectivity index (χ0v) is 22.8. The number of rotatable bonds is 1. The van der Waals surface area contributed by atoms with E-state index in [0.29, 0.717) is 28.1 Å². The fourth-order valence-electron chi connectivity index (χ4n) is 11.8. The summed E-state index contributed by atoms with van der Waals surface area (Å²) in [5.74, 6) is 3.05. The maximum atomic E-state index is 6.85. The number of fused-ring (bicyclic) bond motifs is 7. The van der Waals surface area contributed by atoms with E-state index in [-0.39, 0.29) is 17.1 Å². The fourth-order valence-corrected chi connectivity index (χ4v) is 11.8. The van der Waals surface area contributed by atoms with Gasteiger partial charge in [0.25, 0.3) is 0 Å². The van der Waals surface area contributed by atoms with Crippen molar-refractivity contribution in [1.29, 1.82) is 0 Å². The summed E-state index contributed by atoms with van der Waals surface area (Å²) in [4.78, 5) is 12.3. The maximum absolute atomic E-state index is 6.85. The molecule has 188 valence electrons. The Balaban J connectivity index is 1.43. The highest BCUT2D eigenvalue weighted by atomic mass is 17.3. The SMILES string of the molecule is CC(C)[C@H]1CC[C@@H]2[C@]1(C)CC[C@]1(C)[C@@H]3C[C@@H]4OO[C@@]5(O4)[C@@H](CCCC5(C)C)[C@]3(C)CC[C@@]21C. The van der Waals surface area contributed by atoms with Crippen LogP contribution in [0.3, 0.4) is 0 Å². The Morgan fingerprint density at radius 1 is 0.697 bits per heavy atom. The van der Waals surface area contributed by atoms with E-state index < -0.39 is 5.79 Å². The Bertz CT molecular complexity index is 821. The van der Waals surface area contributed by atoms with Crippen LogP contribution in [-0.4, -0.2) is 12.1 Å². The minimum Gasteiger partial charge on any atom is -0.314 e. The van der Waals surface area contributed by atoms with Crippen LogP contribution in [0.25, 0.3) is 0 Å². The van der Waals surface area contributed by atoms with E-state index in [0.717, 1.165) is 30.6 Å². The van der Waals surface area contributed by atoms with Gasteiger partial charge in [0.15, 0.2) is 6.29 Å². The Hall–Kier alpha value is -0.120. The lowest BCUT2D eigenvalue weighted by Crippen LogP contribution is -2.66. The fraction of sp³-hybridized carbons (Fsp3) is 1.00. The number of hydrogen-bond acceptors (Lipinski definition) is 3. The zero-order valence-electron chi connectivity index (χ0n) is 22.8. The Morgan fingerprint density at radius 2 is 1.36 bits per heavy atom. The predicted molar refractivity (Wildman–Crippen MR) is 131 cm³/mol. The summed E-state index contributed by atoms with van der Waals surface area (Å²) in [6, 6.07) is 0. The summed E-state index contributed by atoms with van der Waals surface area (Å²) in [5, 5.41) is 0. The quantitative estimate of drug-likeness (QED) is 0.371. The monoisotopic (exact) mass is 458 g/mol. The molecule has 2 saturated heterocycles. The Kier molecular flexibility index (Phi) is 4.80. The Labute approximate surface area is 203 Å². The van der Waals surface area contributed by atoms with E-state index in [1.165, 1.54) is 51.4 Å². The van der Waals surface area contributed by atoms with Crippen LogP contribution < -0.4 is 0 Å². The van der Waals surface area contributed by atoms with Gasteiger partial charge in [0, 0.05) is 17.8 Å². The van der Waals surface area contributed by atoms with Crippen molar-refractivity contribution in [2.75, 3.05) is 0 Å². The highest BCUT2D eigenvalue weighted by Crippen LogP contribution is 2.78. The summed E-state index contributed by atoms with van der Waals surface area (Å²) in [6.45, 7) is 20.4. The first kappa shape index (κ1) is 23.3. The molecule has 2 aliphatic heterocycles. The summed E-state index contributed by atoms with van der Waals surface area (Å²) >= 11 is 0. The molecule has 4 aliphatic carbocycles. The van der Waals surface area contributed by atoms with Crippen molar-refractivity contribution in [3.63, 3.8) is 0 Å². The third kappa shape index (κ3) is 2.59. The molecule has 2 bridgehead atoms. The summed E-state index contributed by atoms with van der Waals surface area (Å²) in [7, 11) is 0. The third-order valence-electron chi connectivity index (χ3n) is 13.7. The van der Waals surface area contributed by atoms with Gasteiger partial charge in [0.2, 0.25) is 5.79 Å². The summed E-state index contributed by atoms with van der Waals surface area (Å²) in [5.41, 5.74) is 1.52. The van der Waals surface area contributed by atoms with Gasteiger partial charge in [-0.3, -0.25) is 0 Å². The summed E-state index contributed by atoms with van der Waals surface area (Å²) in [6.07, 6.45) is 12.8. The van der Waals surface area contributed by atoms with Gasteiger partial charge in [0.1, 0.15) is 0 Å². The van der Waals surface area contributed by atoms with Crippen LogP contribution in [0.1, 0.15) is 120 Å². The normalized spacial score (nSPS) is 59.4. The number of hydrogen-bond donors (Lipinski definition) is 0. The first-order valence-corrected chi connectivity index (χ1v) is 14.4. The van der Waals surface area contributed by atoms with Crippen molar-refractivity contribution < 1.29 is 14.5 Å². The van der Waals surface area contributed by atoms with Gasteiger partial charge in [-0.2, -0.15) is 4.89 Å². The highest BCUT2D eigenvalue weighted by molar-refractivity contribution is 5.20. The smallest absolute Gasteiger partial charge is 0.212 e. The maximum Gasteiger partial charge on any atom is 0.212 e. The highest BCUT2D eigenvalue weighted by Gasteiger charge is 2.75. The molecule has 10 atom stereocenters. The molecule has 3 nitrogen and oxygen atoms in total. The van der Waals surface area contributed by atoms with Crippen LogP contribution in [0.2, 0.25) is 0 Å². The molecule has 0 aromatic rings. The van der Waals surface area contributed by atoms with Crippen LogP contribution in [-0.2, 0) is 14.5 Å². The molecule has 1 spiro atoms. The van der Waals surface area contributed by atoms with Crippen LogP contribution in [0.4, 0.5) is 0 Å². The average Bonchev–Trinajstić information content (AvgIpc) is 3.29. The standard InChI is InChI=1S/C30H50O3/c1-19(2)20-11-12-21-26(20,5)14-16-29(8)23-18-24-31-30(33-32-24)22(10-9-13-25(30,3)4)27(23,6)15-17-28(21,29)7/h19-24H,9-18H2,1-8H3/t20-,21-,22+,23-,24+,26-,27+,28+,29-,30+/m1/s1. The van der Waals surface area contributed by atoms with Crippen molar-refractivity contribution in [2.24, 2.45) is 56.7 Å². The van der Waals surface area contributed by atoms with Gasteiger partial charge < -0.3 is 4.74 Å². The second-order valence-electron chi connectivity index (χ2n) is 15.3. The lowest BCUT2D eigenvalue weighted by atomic mass is 9.34. The van der Waals surface area contributed by atoms with Gasteiger partial charge in [-0.15, -0.1) is 0 Å². The molecule has 33 heavy (non-hydrogen) atoms. The molecule has 0 unspecified atom stereocenters. The first-order chi connectivity index (χ1) is 15.3. The molecule has 2 heterocycles. The lowest BCUT2D eigenvalue weighted by molar-refractivity contribution is -0.404. The van der Waals surface area contributed by atoms with Crippen molar-refractivity contribution in [2.45, 2.75) is 132 Å². The van der Waals surface area contributed by atoms with Gasteiger partial charge >= 0.3 is 0 Å². The van der Waals surface area contributed by atoms with Crippen molar-refractivity contribution in [3.05, 3.63) is 0 Å². The van der Waals surface area contributed by atoms with Gasteiger partial charge in [0.05, 0.1) is 0 Å². The molecular weight excluding hydrogens is 408 g/mol. The molecule has 0 aromatic carbocycles. The van der Waals surface area contributed by atoms with E-state index in [1.807, 2.05) is 0 Å². The van der Waals surface area contributed by atoms with Crippen LogP contribution in [0.15, 0.2) is 0 Å². The molecule has 0 N–H and O–H groups in total. The van der Waals surface area contributed by atoms with Gasteiger partial charge in [-0.25, -0.2) is 4.89 Å². The van der Waals surface area contributed by atoms with Crippen LogP contribution in [0, 0.1) is 56.7 Å². The first-order valence-electron chi connectivity index (χ1n) is 14.4. The molecule has 4 saturated carbocycles. The molecule has 3 heteroatoms. The number of ether oxygens (including phenoxy) is 1. The molecule has 6 aliphatic rings. The van der Waals surface area contributed by atoms with Crippen molar-refractivity contribution >= 4 is 0 Å². The minimum absolute atomic E-state index is 0.00863. The summed E-state index contributed by atoms with van der Waals surface area (Å²) < 4.78 is 6.85. The van der Waals surface area contributed by atoms with E-state index in [9.17, 15) is 0 Å². The topological polar surface area (TPSA) is 27.7 Å². The third-order valence-corrected chi connectivity index (χ3v) is 13.7. The second-order valence-corrected chi connectivity index (χ2v) is 15.3. The van der Waals surface area contributed by atoms with Gasteiger partial charge in [-0.1, -0.05) is 61.8 Å². The molecular formula is C30H50O3. The van der Waals surface area contributed by atoms with E-state index in [1.54, 1.807) is 0 Å². The molecule has 6 rings (SSSR count). The van der Waals surface area contributed by atoms with E-state index in [4.69, 9.17) is 14.5 Å². The minimum atomic E-state index is -0.567. The van der Waals surface area contributed by atoms with Crippen molar-refractivity contribution in [3.8, 4) is 0 Å². The predicted octanol–water partition coefficient (Wildman–Crippen LogP) is 8.13. The zero-order chi connectivity index (χ0) is 23.7. The van der Waals surface area contributed by atoms with E-state index in [2.05, 4.69) is 55.4 Å². The second kappa shape index (κ2) is 6.80. The molecule has 0 amide bonds. The Morgan fingerprint density at radius 3 is 2.06 bits per heavy atom. The van der Waals surface area contributed by atoms with Gasteiger partial charge in [-0.05, 0) is 96.7 Å². The molecule has 6 fully saturated rings. The molecule has 0 aromatic heterocycles.